The largest absolute Gasteiger partial charge is 0.476 e. The third-order valence-electron chi connectivity index (χ3n) is 3.17. The van der Waals surface area contributed by atoms with E-state index in [2.05, 4.69) is 8.75 Å². The molecule has 2 atom stereocenters. The molecule has 1 heterocycles. The minimum atomic E-state index is -0.260. The molecule has 1 saturated carbocycles. The summed E-state index contributed by atoms with van der Waals surface area (Å²) < 4.78 is 18.3. The highest BCUT2D eigenvalue weighted by atomic mass is 32.1. The Hall–Kier alpha value is -1.50. The fourth-order valence-corrected chi connectivity index (χ4v) is 2.60. The molecule has 2 rings (SSSR count). The Bertz CT molecular complexity index is 435. The predicted octanol–water partition coefficient (Wildman–Crippen LogP) is 1.47. The number of hydrogen-bond donors (Lipinski definition) is 0. The van der Waals surface area contributed by atoms with Crippen LogP contribution in [0.4, 0.5) is 0 Å². The lowest BCUT2D eigenvalue weighted by atomic mass is 9.79. The zero-order chi connectivity index (χ0) is 13.7. The van der Waals surface area contributed by atoms with Crippen LogP contribution in [0, 0.1) is 11.8 Å². The first-order valence-electron chi connectivity index (χ1n) is 6.29. The second-order valence-corrected chi connectivity index (χ2v) is 5.01. The fraction of sp³-hybridized carbons (Fsp3) is 0.667. The molecule has 1 aliphatic rings. The average molecular weight is 284 g/mol. The number of esters is 1. The van der Waals surface area contributed by atoms with Crippen molar-refractivity contribution in [2.75, 3.05) is 13.2 Å². The highest BCUT2D eigenvalue weighted by molar-refractivity contribution is 6.99. The normalized spacial score (nSPS) is 23.1. The fourth-order valence-electron chi connectivity index (χ4n) is 2.24. The Morgan fingerprint density at radius 1 is 1.58 bits per heavy atom. The zero-order valence-corrected chi connectivity index (χ0v) is 11.5. The number of carbonyl (C=O) groups is 2. The predicted molar refractivity (Wildman–Crippen MR) is 67.9 cm³/mol. The lowest BCUT2D eigenvalue weighted by Crippen LogP contribution is -2.35. The van der Waals surface area contributed by atoms with E-state index in [1.807, 2.05) is 0 Å². The number of rotatable bonds is 5. The molecule has 1 aromatic heterocycles. The quantitative estimate of drug-likeness (QED) is 0.762. The van der Waals surface area contributed by atoms with E-state index in [1.165, 1.54) is 6.20 Å². The summed E-state index contributed by atoms with van der Waals surface area (Å²) in [4.78, 5) is 23.4. The number of Topliss-reactive ketones (excluding diaryl/α,β-unsaturated/α-hetero) is 1. The number of aromatic nitrogens is 2. The van der Waals surface area contributed by atoms with Crippen molar-refractivity contribution in [3.8, 4) is 5.88 Å². The highest BCUT2D eigenvalue weighted by Crippen LogP contribution is 2.29. The third-order valence-corrected chi connectivity index (χ3v) is 3.63. The summed E-state index contributed by atoms with van der Waals surface area (Å²) in [6.45, 7) is 2.42. The van der Waals surface area contributed by atoms with Crippen LogP contribution >= 0.6 is 11.7 Å². The maximum Gasteiger partial charge on any atom is 0.309 e. The van der Waals surface area contributed by atoms with Gasteiger partial charge in [0.25, 0.3) is 0 Å². The maximum atomic E-state index is 11.9. The van der Waals surface area contributed by atoms with Gasteiger partial charge < -0.3 is 9.47 Å². The summed E-state index contributed by atoms with van der Waals surface area (Å²) in [5.41, 5.74) is 0. The monoisotopic (exact) mass is 284 g/mol. The van der Waals surface area contributed by atoms with E-state index < -0.39 is 0 Å². The summed E-state index contributed by atoms with van der Waals surface area (Å²) >= 11 is 1.06. The molecule has 0 radical (unpaired) electrons. The highest BCUT2D eigenvalue weighted by Gasteiger charge is 2.35. The molecule has 0 saturated heterocycles. The van der Waals surface area contributed by atoms with Crippen LogP contribution in [0.2, 0.25) is 0 Å². The van der Waals surface area contributed by atoms with Crippen LogP contribution in [0.5, 0.6) is 5.88 Å². The van der Waals surface area contributed by atoms with Gasteiger partial charge in [-0.3, -0.25) is 9.59 Å². The van der Waals surface area contributed by atoms with Crippen molar-refractivity contribution in [2.45, 2.75) is 26.2 Å². The van der Waals surface area contributed by atoms with E-state index in [0.717, 1.165) is 11.7 Å². The van der Waals surface area contributed by atoms with Crippen molar-refractivity contribution in [3.63, 3.8) is 0 Å². The summed E-state index contributed by atoms with van der Waals surface area (Å²) in [6, 6.07) is 0. The van der Waals surface area contributed by atoms with E-state index in [4.69, 9.17) is 9.47 Å². The molecule has 7 heteroatoms. The van der Waals surface area contributed by atoms with Crippen LogP contribution in [0.25, 0.3) is 0 Å². The van der Waals surface area contributed by atoms with Crippen molar-refractivity contribution >= 4 is 23.5 Å². The average Bonchev–Trinajstić information content (AvgIpc) is 2.89. The van der Waals surface area contributed by atoms with Crippen molar-refractivity contribution in [2.24, 2.45) is 11.8 Å². The van der Waals surface area contributed by atoms with Gasteiger partial charge in [-0.25, -0.2) is 0 Å². The zero-order valence-electron chi connectivity index (χ0n) is 10.7. The van der Waals surface area contributed by atoms with Crippen LogP contribution < -0.4 is 4.74 Å². The van der Waals surface area contributed by atoms with E-state index in [9.17, 15) is 9.59 Å². The molecule has 6 nitrogen and oxygen atoms in total. The SMILES string of the molecule is CCOC(=O)C1CCC(=O)CC1COc1cnsn1. The van der Waals surface area contributed by atoms with Crippen LogP contribution in [-0.2, 0) is 14.3 Å². The van der Waals surface area contributed by atoms with Crippen LogP contribution in [0.3, 0.4) is 0 Å². The molecule has 19 heavy (non-hydrogen) atoms. The summed E-state index contributed by atoms with van der Waals surface area (Å²) in [5, 5.41) is 0. The van der Waals surface area contributed by atoms with E-state index in [-0.39, 0.29) is 23.6 Å². The van der Waals surface area contributed by atoms with E-state index >= 15 is 0 Å². The van der Waals surface area contributed by atoms with Gasteiger partial charge in [0.05, 0.1) is 30.9 Å². The van der Waals surface area contributed by atoms with Crippen LogP contribution in [0.1, 0.15) is 26.2 Å². The van der Waals surface area contributed by atoms with Gasteiger partial charge in [-0.05, 0) is 13.3 Å². The van der Waals surface area contributed by atoms with E-state index in [0.29, 0.717) is 38.4 Å². The molecule has 0 N–H and O–H groups in total. The Balaban J connectivity index is 1.95. The second kappa shape index (κ2) is 6.60. The lowest BCUT2D eigenvalue weighted by Gasteiger charge is -2.28. The first kappa shape index (κ1) is 13.9. The molecule has 0 amide bonds. The standard InChI is InChI=1S/C12H16N2O4S/c1-2-17-12(16)10-4-3-9(15)5-8(10)7-18-11-6-13-19-14-11/h6,8,10H,2-5,7H2,1H3. The topological polar surface area (TPSA) is 78.4 Å². The second-order valence-electron chi connectivity index (χ2n) is 4.46. The van der Waals surface area contributed by atoms with Gasteiger partial charge in [-0.2, -0.15) is 4.37 Å². The number of hydrogen-bond acceptors (Lipinski definition) is 7. The van der Waals surface area contributed by atoms with Crippen LogP contribution in [-0.4, -0.2) is 33.7 Å². The minimum absolute atomic E-state index is 0.137. The Morgan fingerprint density at radius 2 is 2.42 bits per heavy atom. The smallest absolute Gasteiger partial charge is 0.309 e. The van der Waals surface area contributed by atoms with Gasteiger partial charge in [-0.15, -0.1) is 4.37 Å². The van der Waals surface area contributed by atoms with Crippen LogP contribution in [0.15, 0.2) is 6.20 Å². The lowest BCUT2D eigenvalue weighted by molar-refractivity contribution is -0.152. The molecule has 0 aromatic carbocycles. The van der Waals surface area contributed by atoms with Gasteiger partial charge in [0.15, 0.2) is 0 Å². The molecule has 0 spiro atoms. The van der Waals surface area contributed by atoms with Crippen molar-refractivity contribution in [1.82, 2.24) is 8.75 Å². The summed E-state index contributed by atoms with van der Waals surface area (Å²) in [7, 11) is 0. The van der Waals surface area contributed by atoms with Gasteiger partial charge >= 0.3 is 5.97 Å². The molecule has 0 bridgehead atoms. The van der Waals surface area contributed by atoms with E-state index in [1.54, 1.807) is 6.92 Å². The van der Waals surface area contributed by atoms with Gasteiger partial charge in [0, 0.05) is 18.8 Å². The van der Waals surface area contributed by atoms with Gasteiger partial charge in [0.1, 0.15) is 12.0 Å². The third kappa shape index (κ3) is 3.73. The molecular formula is C12H16N2O4S. The van der Waals surface area contributed by atoms with Crippen molar-refractivity contribution in [3.05, 3.63) is 6.20 Å². The molecule has 1 aromatic rings. The number of nitrogens with zero attached hydrogens (tertiary/aromatic N) is 2. The Morgan fingerprint density at radius 3 is 3.11 bits per heavy atom. The molecule has 1 fully saturated rings. The molecule has 0 aliphatic heterocycles. The number of ether oxygens (including phenoxy) is 2. The Kier molecular flexibility index (Phi) is 4.84. The van der Waals surface area contributed by atoms with Gasteiger partial charge in [-0.1, -0.05) is 0 Å². The molecule has 1 aliphatic carbocycles. The van der Waals surface area contributed by atoms with Crippen molar-refractivity contribution < 1.29 is 19.1 Å². The van der Waals surface area contributed by atoms with Crippen molar-refractivity contribution in [1.29, 1.82) is 0 Å². The first-order chi connectivity index (χ1) is 9.20. The maximum absolute atomic E-state index is 11.9. The Labute approximate surface area is 115 Å². The molecule has 104 valence electrons. The van der Waals surface area contributed by atoms with Gasteiger partial charge in [0.2, 0.25) is 5.88 Å². The summed E-state index contributed by atoms with van der Waals surface area (Å²) in [6.07, 6.45) is 2.87. The minimum Gasteiger partial charge on any atom is -0.476 e. The number of ketones is 1. The molecular weight excluding hydrogens is 268 g/mol. The summed E-state index contributed by atoms with van der Waals surface area (Å²) in [5.74, 6) is -0.0255. The number of carbonyl (C=O) groups excluding carboxylic acids is 2. The first-order valence-corrected chi connectivity index (χ1v) is 7.02. The molecule has 2 unspecified atom stereocenters.